The molecule has 8 nitrogen and oxygen atoms in total. The second kappa shape index (κ2) is 10.6. The van der Waals surface area contributed by atoms with Crippen molar-refractivity contribution in [3.8, 4) is 22.8 Å². The number of unbranched alkanes of at least 4 members (excludes halogenated alkanes) is 2. The van der Waals surface area contributed by atoms with Gasteiger partial charge in [-0.15, -0.1) is 0 Å². The number of amides is 1. The number of furan rings is 1. The van der Waals surface area contributed by atoms with E-state index in [4.69, 9.17) is 8.94 Å². The Balaban J connectivity index is 1.12. The number of aromatic amines is 1. The molecule has 4 rings (SSSR count). The Morgan fingerprint density at radius 3 is 2.75 bits per heavy atom. The van der Waals surface area contributed by atoms with E-state index in [-0.39, 0.29) is 5.91 Å². The minimum Gasteiger partial charge on any atom is -0.461 e. The second-order valence-electron chi connectivity index (χ2n) is 7.76. The summed E-state index contributed by atoms with van der Waals surface area (Å²) in [6.07, 6.45) is 6.33. The normalized spacial score (nSPS) is 11.0. The molecule has 32 heavy (non-hydrogen) atoms. The standard InChI is InChI=1S/C24H27N5O3/c1-29(23(30)14-13-22-25-24(28-32-22)21-12-8-16-31-21)15-7-3-6-11-19-17-20(27-26-19)18-9-4-2-5-10-18/h2,4-5,8-10,12,16-17H,3,6-7,11,13-15H2,1H3,(H,26,27). The van der Waals surface area contributed by atoms with Crippen molar-refractivity contribution in [2.45, 2.75) is 38.5 Å². The van der Waals surface area contributed by atoms with Crippen LogP contribution < -0.4 is 0 Å². The Morgan fingerprint density at radius 1 is 1.06 bits per heavy atom. The molecule has 1 aromatic carbocycles. The summed E-state index contributed by atoms with van der Waals surface area (Å²) in [6.45, 7) is 0.735. The number of carbonyl (C=O) groups is 1. The van der Waals surface area contributed by atoms with Crippen molar-refractivity contribution >= 4 is 5.91 Å². The summed E-state index contributed by atoms with van der Waals surface area (Å²) in [6, 6.07) is 15.8. The molecule has 3 aromatic heterocycles. The molecule has 0 atom stereocenters. The summed E-state index contributed by atoms with van der Waals surface area (Å²) in [5.41, 5.74) is 3.23. The lowest BCUT2D eigenvalue weighted by Crippen LogP contribution is -2.27. The van der Waals surface area contributed by atoms with Crippen molar-refractivity contribution in [1.29, 1.82) is 0 Å². The highest BCUT2D eigenvalue weighted by atomic mass is 16.5. The maximum Gasteiger partial charge on any atom is 0.238 e. The van der Waals surface area contributed by atoms with Crippen molar-refractivity contribution < 1.29 is 13.7 Å². The van der Waals surface area contributed by atoms with E-state index in [1.54, 1.807) is 23.3 Å². The van der Waals surface area contributed by atoms with Gasteiger partial charge in [-0.05, 0) is 37.5 Å². The van der Waals surface area contributed by atoms with Crippen molar-refractivity contribution in [3.63, 3.8) is 0 Å². The summed E-state index contributed by atoms with van der Waals surface area (Å²) in [5, 5.41) is 11.4. The van der Waals surface area contributed by atoms with E-state index in [1.807, 2.05) is 25.2 Å². The van der Waals surface area contributed by atoms with Crippen LogP contribution in [-0.4, -0.2) is 44.7 Å². The smallest absolute Gasteiger partial charge is 0.238 e. The maximum atomic E-state index is 12.4. The molecule has 166 valence electrons. The van der Waals surface area contributed by atoms with E-state index >= 15 is 0 Å². The van der Waals surface area contributed by atoms with Crippen LogP contribution in [0.5, 0.6) is 0 Å². The number of rotatable bonds is 11. The number of nitrogens with one attached hydrogen (secondary N) is 1. The van der Waals surface area contributed by atoms with Crippen LogP contribution in [0.1, 0.15) is 37.3 Å². The molecule has 0 aliphatic carbocycles. The number of aromatic nitrogens is 4. The van der Waals surface area contributed by atoms with E-state index in [2.05, 4.69) is 38.5 Å². The van der Waals surface area contributed by atoms with E-state index in [0.29, 0.717) is 30.3 Å². The van der Waals surface area contributed by atoms with Crippen molar-refractivity contribution in [2.24, 2.45) is 0 Å². The zero-order chi connectivity index (χ0) is 22.2. The quantitative estimate of drug-likeness (QED) is 0.349. The molecule has 1 N–H and O–H groups in total. The Kier molecular flexibility index (Phi) is 7.12. The summed E-state index contributed by atoms with van der Waals surface area (Å²) < 4.78 is 10.4. The molecular formula is C24H27N5O3. The molecule has 0 saturated carbocycles. The van der Waals surface area contributed by atoms with Gasteiger partial charge in [0.2, 0.25) is 17.6 Å². The van der Waals surface area contributed by atoms with Crippen molar-refractivity contribution in [3.05, 3.63) is 66.4 Å². The van der Waals surface area contributed by atoms with Crippen LogP contribution in [0.15, 0.2) is 63.7 Å². The average Bonchev–Trinajstić information content (AvgIpc) is 3.59. The minimum atomic E-state index is 0.0730. The first-order valence-corrected chi connectivity index (χ1v) is 10.9. The van der Waals surface area contributed by atoms with Crippen LogP contribution in [0.4, 0.5) is 0 Å². The number of benzene rings is 1. The summed E-state index contributed by atoms with van der Waals surface area (Å²) in [5.74, 6) is 1.46. The van der Waals surface area contributed by atoms with E-state index < -0.39 is 0 Å². The van der Waals surface area contributed by atoms with Crippen LogP contribution in [0.25, 0.3) is 22.8 Å². The number of aryl methyl sites for hydroxylation is 2. The van der Waals surface area contributed by atoms with Gasteiger partial charge in [0.1, 0.15) is 0 Å². The molecule has 0 fully saturated rings. The van der Waals surface area contributed by atoms with Crippen LogP contribution in [0, 0.1) is 0 Å². The molecule has 0 aliphatic heterocycles. The van der Waals surface area contributed by atoms with Gasteiger partial charge in [-0.1, -0.05) is 41.9 Å². The van der Waals surface area contributed by atoms with Gasteiger partial charge in [-0.3, -0.25) is 9.89 Å². The molecule has 1 amide bonds. The number of hydrogen-bond donors (Lipinski definition) is 1. The lowest BCUT2D eigenvalue weighted by Gasteiger charge is -2.16. The summed E-state index contributed by atoms with van der Waals surface area (Å²) in [4.78, 5) is 18.4. The fourth-order valence-electron chi connectivity index (χ4n) is 3.48. The fraction of sp³-hybridized carbons (Fsp3) is 0.333. The van der Waals surface area contributed by atoms with Crippen molar-refractivity contribution in [1.82, 2.24) is 25.2 Å². The Hall–Kier alpha value is -3.68. The summed E-state index contributed by atoms with van der Waals surface area (Å²) >= 11 is 0. The van der Waals surface area contributed by atoms with Gasteiger partial charge < -0.3 is 13.8 Å². The van der Waals surface area contributed by atoms with Gasteiger partial charge in [0.05, 0.1) is 12.0 Å². The highest BCUT2D eigenvalue weighted by molar-refractivity contribution is 5.76. The molecular weight excluding hydrogens is 406 g/mol. The Morgan fingerprint density at radius 2 is 1.94 bits per heavy atom. The predicted octanol–water partition coefficient (Wildman–Crippen LogP) is 4.52. The van der Waals surface area contributed by atoms with Gasteiger partial charge in [0.15, 0.2) is 5.76 Å². The van der Waals surface area contributed by atoms with Gasteiger partial charge >= 0.3 is 0 Å². The first kappa shape index (κ1) is 21.5. The molecule has 4 aromatic rings. The van der Waals surface area contributed by atoms with Gasteiger partial charge in [-0.25, -0.2) is 0 Å². The predicted molar refractivity (Wildman–Crippen MR) is 120 cm³/mol. The second-order valence-corrected chi connectivity index (χ2v) is 7.76. The van der Waals surface area contributed by atoms with E-state index in [1.165, 1.54) is 0 Å². The highest BCUT2D eigenvalue weighted by Crippen LogP contribution is 2.18. The third kappa shape index (κ3) is 5.72. The fourth-order valence-corrected chi connectivity index (χ4v) is 3.48. The molecule has 0 radical (unpaired) electrons. The molecule has 0 aliphatic rings. The van der Waals surface area contributed by atoms with Gasteiger partial charge in [0.25, 0.3) is 0 Å². The lowest BCUT2D eigenvalue weighted by atomic mass is 10.1. The number of carbonyl (C=O) groups excluding carboxylic acids is 1. The molecule has 8 heteroatoms. The molecule has 0 saturated heterocycles. The highest BCUT2D eigenvalue weighted by Gasteiger charge is 2.14. The molecule has 0 unspecified atom stereocenters. The third-order valence-electron chi connectivity index (χ3n) is 5.33. The Labute approximate surface area is 186 Å². The number of H-pyrrole nitrogens is 1. The average molecular weight is 434 g/mol. The molecule has 0 spiro atoms. The molecule has 3 heterocycles. The first-order valence-electron chi connectivity index (χ1n) is 10.9. The third-order valence-corrected chi connectivity index (χ3v) is 5.33. The monoisotopic (exact) mass is 433 g/mol. The topological polar surface area (TPSA) is 101 Å². The zero-order valence-corrected chi connectivity index (χ0v) is 18.2. The number of nitrogens with zero attached hydrogens (tertiary/aromatic N) is 4. The lowest BCUT2D eigenvalue weighted by molar-refractivity contribution is -0.130. The van der Waals surface area contributed by atoms with Crippen LogP contribution >= 0.6 is 0 Å². The minimum absolute atomic E-state index is 0.0730. The van der Waals surface area contributed by atoms with Crippen LogP contribution in [0.2, 0.25) is 0 Å². The first-order chi connectivity index (χ1) is 15.7. The van der Waals surface area contributed by atoms with E-state index in [9.17, 15) is 4.79 Å². The molecule has 0 bridgehead atoms. The SMILES string of the molecule is CN(CCCCCc1cc(-c2ccccc2)n[nH]1)C(=O)CCc1nc(-c2ccco2)no1. The summed E-state index contributed by atoms with van der Waals surface area (Å²) in [7, 11) is 1.84. The largest absolute Gasteiger partial charge is 0.461 e. The van der Waals surface area contributed by atoms with Crippen molar-refractivity contribution in [2.75, 3.05) is 13.6 Å². The van der Waals surface area contributed by atoms with Gasteiger partial charge in [0, 0.05) is 37.7 Å². The van der Waals surface area contributed by atoms with E-state index in [0.717, 1.165) is 49.2 Å². The van der Waals surface area contributed by atoms with Gasteiger partial charge in [-0.2, -0.15) is 10.1 Å². The zero-order valence-electron chi connectivity index (χ0n) is 18.2. The number of hydrogen-bond acceptors (Lipinski definition) is 6. The Bertz CT molecular complexity index is 1100. The van der Waals surface area contributed by atoms with Crippen LogP contribution in [-0.2, 0) is 17.6 Å². The van der Waals surface area contributed by atoms with Crippen LogP contribution in [0.3, 0.4) is 0 Å². The maximum absolute atomic E-state index is 12.4.